The summed E-state index contributed by atoms with van der Waals surface area (Å²) in [6, 6.07) is 8.42. The molecule has 2 atom stereocenters. The first-order valence-corrected chi connectivity index (χ1v) is 7.15. The van der Waals surface area contributed by atoms with Crippen molar-refractivity contribution >= 4 is 18.3 Å². The van der Waals surface area contributed by atoms with Crippen molar-refractivity contribution in [3.63, 3.8) is 0 Å². The zero-order valence-electron chi connectivity index (χ0n) is 12.3. The molecule has 2 N–H and O–H groups in total. The van der Waals surface area contributed by atoms with E-state index in [1.54, 1.807) is 0 Å². The van der Waals surface area contributed by atoms with Gasteiger partial charge in [0, 0.05) is 19.1 Å². The van der Waals surface area contributed by atoms with Gasteiger partial charge in [-0.2, -0.15) is 0 Å². The van der Waals surface area contributed by atoms with Crippen LogP contribution in [0.5, 0.6) is 0 Å². The van der Waals surface area contributed by atoms with Gasteiger partial charge in [-0.25, -0.2) is 0 Å². The number of hydrogen-bond acceptors (Lipinski definition) is 2. The molecule has 1 fully saturated rings. The first-order valence-electron chi connectivity index (χ1n) is 7.15. The molecule has 0 aliphatic carbocycles. The average molecular weight is 297 g/mol. The number of amides is 1. The van der Waals surface area contributed by atoms with E-state index >= 15 is 0 Å². The van der Waals surface area contributed by atoms with E-state index in [4.69, 9.17) is 5.73 Å². The van der Waals surface area contributed by atoms with Crippen LogP contribution in [0.2, 0.25) is 0 Å². The van der Waals surface area contributed by atoms with Crippen molar-refractivity contribution in [2.24, 2.45) is 11.7 Å². The summed E-state index contributed by atoms with van der Waals surface area (Å²) in [7, 11) is 0. The summed E-state index contributed by atoms with van der Waals surface area (Å²) >= 11 is 0. The van der Waals surface area contributed by atoms with Gasteiger partial charge < -0.3 is 10.6 Å². The number of benzene rings is 1. The van der Waals surface area contributed by atoms with Crippen molar-refractivity contribution in [1.82, 2.24) is 4.90 Å². The van der Waals surface area contributed by atoms with Crippen molar-refractivity contribution < 1.29 is 4.79 Å². The van der Waals surface area contributed by atoms with Crippen LogP contribution in [0.15, 0.2) is 24.3 Å². The van der Waals surface area contributed by atoms with E-state index in [0.29, 0.717) is 18.9 Å². The SMILES string of the molecule is Cc1ccc(CC(=O)N2CCC(C)CC2CN)cc1.Cl. The normalized spacial score (nSPS) is 22.2. The molecule has 0 radical (unpaired) electrons. The fourth-order valence-corrected chi connectivity index (χ4v) is 2.79. The second-order valence-corrected chi connectivity index (χ2v) is 5.77. The Morgan fingerprint density at radius 1 is 1.35 bits per heavy atom. The molecule has 1 aliphatic rings. The number of piperidine rings is 1. The third kappa shape index (κ3) is 4.22. The number of halogens is 1. The van der Waals surface area contributed by atoms with Crippen LogP contribution in [0.3, 0.4) is 0 Å². The molecule has 1 aromatic carbocycles. The average Bonchev–Trinajstić information content (AvgIpc) is 2.41. The van der Waals surface area contributed by atoms with Crippen LogP contribution >= 0.6 is 12.4 Å². The predicted octanol–water partition coefficient (Wildman–Crippen LogP) is 2.55. The Labute approximate surface area is 127 Å². The Morgan fingerprint density at radius 3 is 2.60 bits per heavy atom. The minimum atomic E-state index is 0. The monoisotopic (exact) mass is 296 g/mol. The van der Waals surface area contributed by atoms with Gasteiger partial charge in [-0.05, 0) is 31.2 Å². The maximum atomic E-state index is 12.4. The van der Waals surface area contributed by atoms with Crippen LogP contribution in [0.25, 0.3) is 0 Å². The minimum absolute atomic E-state index is 0. The van der Waals surface area contributed by atoms with E-state index < -0.39 is 0 Å². The van der Waals surface area contributed by atoms with Crippen LogP contribution in [-0.2, 0) is 11.2 Å². The fourth-order valence-electron chi connectivity index (χ4n) is 2.79. The predicted molar refractivity (Wildman–Crippen MR) is 85.1 cm³/mol. The molecule has 0 aromatic heterocycles. The molecule has 0 spiro atoms. The summed E-state index contributed by atoms with van der Waals surface area (Å²) in [5, 5.41) is 0. The highest BCUT2D eigenvalue weighted by Gasteiger charge is 2.28. The highest BCUT2D eigenvalue weighted by atomic mass is 35.5. The molecule has 2 unspecified atom stereocenters. The van der Waals surface area contributed by atoms with Crippen LogP contribution < -0.4 is 5.73 Å². The van der Waals surface area contributed by atoms with Crippen molar-refractivity contribution in [1.29, 1.82) is 0 Å². The van der Waals surface area contributed by atoms with Crippen molar-refractivity contribution in [2.75, 3.05) is 13.1 Å². The third-order valence-corrected chi connectivity index (χ3v) is 4.05. The van der Waals surface area contributed by atoms with Crippen LogP contribution in [0.1, 0.15) is 30.9 Å². The number of carbonyl (C=O) groups excluding carboxylic acids is 1. The molecule has 0 bridgehead atoms. The van der Waals surface area contributed by atoms with Gasteiger partial charge in [-0.3, -0.25) is 4.79 Å². The van der Waals surface area contributed by atoms with E-state index in [1.807, 2.05) is 17.0 Å². The van der Waals surface area contributed by atoms with Gasteiger partial charge in [0.25, 0.3) is 0 Å². The lowest BCUT2D eigenvalue weighted by Crippen LogP contribution is -2.49. The standard InChI is InChI=1S/C16H24N2O.ClH/c1-12-3-5-14(6-4-12)10-16(19)18-8-7-13(2)9-15(18)11-17;/h3-6,13,15H,7-11,17H2,1-2H3;1H. The largest absolute Gasteiger partial charge is 0.338 e. The van der Waals surface area contributed by atoms with Crippen LogP contribution in [-0.4, -0.2) is 29.9 Å². The van der Waals surface area contributed by atoms with E-state index in [-0.39, 0.29) is 24.4 Å². The summed E-state index contributed by atoms with van der Waals surface area (Å²) in [4.78, 5) is 14.4. The lowest BCUT2D eigenvalue weighted by atomic mass is 9.92. The smallest absolute Gasteiger partial charge is 0.227 e. The molecular formula is C16H25ClN2O. The molecule has 112 valence electrons. The lowest BCUT2D eigenvalue weighted by molar-refractivity contribution is -0.134. The van der Waals surface area contributed by atoms with E-state index in [0.717, 1.165) is 24.9 Å². The van der Waals surface area contributed by atoms with Crippen molar-refractivity contribution in [3.8, 4) is 0 Å². The molecule has 4 heteroatoms. The summed E-state index contributed by atoms with van der Waals surface area (Å²) in [6.45, 7) is 5.73. The fraction of sp³-hybridized carbons (Fsp3) is 0.562. The van der Waals surface area contributed by atoms with Gasteiger partial charge in [-0.15, -0.1) is 12.4 Å². The van der Waals surface area contributed by atoms with Gasteiger partial charge >= 0.3 is 0 Å². The van der Waals surface area contributed by atoms with Gasteiger partial charge in [-0.1, -0.05) is 36.8 Å². The summed E-state index contributed by atoms with van der Waals surface area (Å²) in [6.07, 6.45) is 2.62. The second kappa shape index (κ2) is 7.65. The maximum absolute atomic E-state index is 12.4. The number of likely N-dealkylation sites (tertiary alicyclic amines) is 1. The van der Waals surface area contributed by atoms with E-state index in [1.165, 1.54) is 5.56 Å². The molecule has 3 nitrogen and oxygen atoms in total. The molecular weight excluding hydrogens is 272 g/mol. The van der Waals surface area contributed by atoms with Gasteiger partial charge in [0.2, 0.25) is 5.91 Å². The van der Waals surface area contributed by atoms with Crippen LogP contribution in [0.4, 0.5) is 0 Å². The zero-order chi connectivity index (χ0) is 13.8. The molecule has 20 heavy (non-hydrogen) atoms. The van der Waals surface area contributed by atoms with Crippen molar-refractivity contribution in [3.05, 3.63) is 35.4 Å². The van der Waals surface area contributed by atoms with Crippen molar-refractivity contribution in [2.45, 2.75) is 39.2 Å². The molecule has 2 rings (SSSR count). The Hall–Kier alpha value is -1.06. The van der Waals surface area contributed by atoms with Gasteiger partial charge in [0.1, 0.15) is 0 Å². The number of aryl methyl sites for hydroxylation is 1. The van der Waals surface area contributed by atoms with Gasteiger partial charge in [0.15, 0.2) is 0 Å². The van der Waals surface area contributed by atoms with E-state index in [9.17, 15) is 4.79 Å². The molecule has 1 saturated heterocycles. The quantitative estimate of drug-likeness (QED) is 0.932. The molecule has 1 aromatic rings. The van der Waals surface area contributed by atoms with Gasteiger partial charge in [0.05, 0.1) is 6.42 Å². The number of rotatable bonds is 3. The third-order valence-electron chi connectivity index (χ3n) is 4.05. The summed E-state index contributed by atoms with van der Waals surface area (Å²) < 4.78 is 0. The number of nitrogens with two attached hydrogens (primary N) is 1. The second-order valence-electron chi connectivity index (χ2n) is 5.77. The number of nitrogens with zero attached hydrogens (tertiary/aromatic N) is 1. The number of carbonyl (C=O) groups is 1. The maximum Gasteiger partial charge on any atom is 0.227 e. The summed E-state index contributed by atoms with van der Waals surface area (Å²) in [5.74, 6) is 0.892. The topological polar surface area (TPSA) is 46.3 Å². The number of hydrogen-bond donors (Lipinski definition) is 1. The zero-order valence-corrected chi connectivity index (χ0v) is 13.2. The highest BCUT2D eigenvalue weighted by molar-refractivity contribution is 5.85. The lowest BCUT2D eigenvalue weighted by Gasteiger charge is -2.38. The minimum Gasteiger partial charge on any atom is -0.338 e. The Morgan fingerprint density at radius 2 is 2.00 bits per heavy atom. The molecule has 1 heterocycles. The van der Waals surface area contributed by atoms with E-state index in [2.05, 4.69) is 26.0 Å². The molecule has 0 saturated carbocycles. The highest BCUT2D eigenvalue weighted by Crippen LogP contribution is 2.22. The first kappa shape index (κ1) is 17.0. The van der Waals surface area contributed by atoms with Crippen LogP contribution in [0, 0.1) is 12.8 Å². The Balaban J connectivity index is 0.00000200. The summed E-state index contributed by atoms with van der Waals surface area (Å²) in [5.41, 5.74) is 8.13. The Bertz CT molecular complexity index is 433. The molecule has 1 aliphatic heterocycles. The Kier molecular flexibility index (Phi) is 6.50. The molecule has 1 amide bonds. The first-order chi connectivity index (χ1) is 9.10.